The van der Waals surface area contributed by atoms with Gasteiger partial charge in [0.15, 0.2) is 0 Å². The molecule has 1 fully saturated rings. The average Bonchev–Trinajstić information content (AvgIpc) is 3.31. The normalized spacial score (nSPS) is 13.3. The van der Waals surface area contributed by atoms with Gasteiger partial charge >= 0.3 is 0 Å². The molecule has 1 amide bonds. The maximum atomic E-state index is 12.6. The average molecular weight is 288 g/mol. The second-order valence-electron chi connectivity index (χ2n) is 4.87. The van der Waals surface area contributed by atoms with Gasteiger partial charge in [-0.25, -0.2) is 0 Å². The second-order valence-corrected chi connectivity index (χ2v) is 4.87. The molecular weight excluding hydrogens is 272 g/mol. The van der Waals surface area contributed by atoms with Crippen molar-refractivity contribution in [1.29, 1.82) is 5.26 Å². The number of carbonyl (C=O) groups is 1. The summed E-state index contributed by atoms with van der Waals surface area (Å²) in [5, 5.41) is 22.5. The summed E-state index contributed by atoms with van der Waals surface area (Å²) in [7, 11) is 1.66. The minimum Gasteiger partial charge on any atom is -0.387 e. The van der Waals surface area contributed by atoms with E-state index < -0.39 is 4.92 Å². The van der Waals surface area contributed by atoms with Crippen molar-refractivity contribution in [1.82, 2.24) is 4.90 Å². The van der Waals surface area contributed by atoms with Gasteiger partial charge in [-0.2, -0.15) is 5.26 Å². The molecule has 1 saturated carbocycles. The number of nitriles is 1. The van der Waals surface area contributed by atoms with Crippen LogP contribution in [0.4, 0.5) is 11.4 Å². The highest BCUT2D eigenvalue weighted by Gasteiger charge is 2.34. The van der Waals surface area contributed by atoms with Crippen LogP contribution < -0.4 is 5.32 Å². The highest BCUT2D eigenvalue weighted by atomic mass is 16.6. The lowest BCUT2D eigenvalue weighted by atomic mass is 10.1. The van der Waals surface area contributed by atoms with Gasteiger partial charge in [0.25, 0.3) is 11.6 Å². The number of benzene rings is 1. The van der Waals surface area contributed by atoms with Crippen LogP contribution in [-0.2, 0) is 0 Å². The Balaban J connectivity index is 2.33. The van der Waals surface area contributed by atoms with Crippen molar-refractivity contribution >= 4 is 17.3 Å². The molecule has 0 unspecified atom stereocenters. The maximum Gasteiger partial charge on any atom is 0.270 e. The van der Waals surface area contributed by atoms with Crippen LogP contribution in [0.1, 0.15) is 29.6 Å². The lowest BCUT2D eigenvalue weighted by Crippen LogP contribution is -2.34. The van der Waals surface area contributed by atoms with E-state index in [1.807, 2.05) is 6.07 Å². The number of amides is 1. The Labute approximate surface area is 122 Å². The Kier molecular flexibility index (Phi) is 4.38. The zero-order valence-electron chi connectivity index (χ0n) is 11.7. The van der Waals surface area contributed by atoms with Crippen LogP contribution in [-0.4, -0.2) is 35.4 Å². The predicted molar refractivity (Wildman–Crippen MR) is 76.9 cm³/mol. The number of hydrogen-bond acceptors (Lipinski definition) is 5. The second kappa shape index (κ2) is 6.22. The summed E-state index contributed by atoms with van der Waals surface area (Å²) in [6.45, 7) is 0.353. The van der Waals surface area contributed by atoms with Gasteiger partial charge in [0.05, 0.1) is 23.0 Å². The van der Waals surface area contributed by atoms with E-state index in [1.54, 1.807) is 11.9 Å². The zero-order valence-corrected chi connectivity index (χ0v) is 11.7. The standard InChI is InChI=1S/C14H16N4O3/c1-16-13-6-5-11(18(20)21)9-12(13)14(19)17(8-2-7-15)10-3-4-10/h5-6,9-10,16H,2-4,8H2,1H3. The quantitative estimate of drug-likeness (QED) is 0.638. The molecule has 7 nitrogen and oxygen atoms in total. The molecule has 0 aliphatic heterocycles. The van der Waals surface area contributed by atoms with Gasteiger partial charge in [-0.15, -0.1) is 0 Å². The number of rotatable bonds is 6. The third kappa shape index (κ3) is 3.28. The molecule has 21 heavy (non-hydrogen) atoms. The SMILES string of the molecule is CNc1ccc([N+](=O)[O-])cc1C(=O)N(CCC#N)C1CC1. The Morgan fingerprint density at radius 3 is 2.81 bits per heavy atom. The van der Waals surface area contributed by atoms with E-state index in [4.69, 9.17) is 5.26 Å². The lowest BCUT2D eigenvalue weighted by Gasteiger charge is -2.22. The topological polar surface area (TPSA) is 99.3 Å². The number of carbonyl (C=O) groups excluding carboxylic acids is 1. The summed E-state index contributed by atoms with van der Waals surface area (Å²) in [5.74, 6) is -0.263. The predicted octanol–water partition coefficient (Wildman–Crippen LogP) is 2.15. The summed E-state index contributed by atoms with van der Waals surface area (Å²) in [6.07, 6.45) is 2.09. The molecule has 1 N–H and O–H groups in total. The van der Waals surface area contributed by atoms with Crippen molar-refractivity contribution in [3.63, 3.8) is 0 Å². The van der Waals surface area contributed by atoms with Gasteiger partial charge in [0, 0.05) is 37.5 Å². The maximum absolute atomic E-state index is 12.6. The fraction of sp³-hybridized carbons (Fsp3) is 0.429. The van der Waals surface area contributed by atoms with Crippen molar-refractivity contribution in [2.24, 2.45) is 0 Å². The van der Waals surface area contributed by atoms with E-state index in [9.17, 15) is 14.9 Å². The van der Waals surface area contributed by atoms with E-state index >= 15 is 0 Å². The first kappa shape index (κ1) is 14.8. The molecule has 1 aliphatic carbocycles. The molecule has 2 rings (SSSR count). The molecule has 110 valence electrons. The van der Waals surface area contributed by atoms with E-state index in [1.165, 1.54) is 18.2 Å². The molecule has 7 heteroatoms. The summed E-state index contributed by atoms with van der Waals surface area (Å²) in [5.41, 5.74) is 0.707. The van der Waals surface area contributed by atoms with Crippen LogP contribution in [0.3, 0.4) is 0 Å². The minimum atomic E-state index is -0.521. The van der Waals surface area contributed by atoms with Gasteiger partial charge in [-0.05, 0) is 18.9 Å². The third-order valence-electron chi connectivity index (χ3n) is 3.43. The lowest BCUT2D eigenvalue weighted by molar-refractivity contribution is -0.384. The van der Waals surface area contributed by atoms with E-state index in [2.05, 4.69) is 5.32 Å². The van der Waals surface area contributed by atoms with Gasteiger partial charge in [0.1, 0.15) is 0 Å². The van der Waals surface area contributed by atoms with Crippen LogP contribution in [0.15, 0.2) is 18.2 Å². The molecule has 1 aromatic rings. The fourth-order valence-corrected chi connectivity index (χ4v) is 2.20. The van der Waals surface area contributed by atoms with Crippen LogP contribution in [0.5, 0.6) is 0 Å². The van der Waals surface area contributed by atoms with Gasteiger partial charge < -0.3 is 10.2 Å². The largest absolute Gasteiger partial charge is 0.387 e. The van der Waals surface area contributed by atoms with Gasteiger partial charge in [0.2, 0.25) is 0 Å². The number of nitrogens with one attached hydrogen (secondary N) is 1. The Morgan fingerprint density at radius 2 is 2.29 bits per heavy atom. The summed E-state index contributed by atoms with van der Waals surface area (Å²) < 4.78 is 0. The molecule has 0 saturated heterocycles. The fourth-order valence-electron chi connectivity index (χ4n) is 2.20. The van der Waals surface area contributed by atoms with Crippen molar-refractivity contribution in [2.75, 3.05) is 18.9 Å². The van der Waals surface area contributed by atoms with Crippen LogP contribution in [0.25, 0.3) is 0 Å². The Hall–Kier alpha value is -2.62. The molecule has 1 aromatic carbocycles. The zero-order chi connectivity index (χ0) is 15.4. The molecule has 1 aliphatic rings. The van der Waals surface area contributed by atoms with Crippen LogP contribution in [0, 0.1) is 21.4 Å². The van der Waals surface area contributed by atoms with Crippen molar-refractivity contribution in [3.8, 4) is 6.07 Å². The third-order valence-corrected chi connectivity index (χ3v) is 3.43. The minimum absolute atomic E-state index is 0.117. The Bertz CT molecular complexity index is 605. The number of hydrogen-bond donors (Lipinski definition) is 1. The highest BCUT2D eigenvalue weighted by molar-refractivity contribution is 6.00. The molecule has 0 aromatic heterocycles. The molecular formula is C14H16N4O3. The first-order chi connectivity index (χ1) is 10.1. The highest BCUT2D eigenvalue weighted by Crippen LogP contribution is 2.31. The molecule has 0 spiro atoms. The molecule has 0 radical (unpaired) electrons. The van der Waals surface area contributed by atoms with Crippen molar-refractivity contribution in [3.05, 3.63) is 33.9 Å². The van der Waals surface area contributed by atoms with Crippen molar-refractivity contribution in [2.45, 2.75) is 25.3 Å². The van der Waals surface area contributed by atoms with Gasteiger partial charge in [-0.3, -0.25) is 14.9 Å². The van der Waals surface area contributed by atoms with Gasteiger partial charge in [-0.1, -0.05) is 0 Å². The summed E-state index contributed by atoms with van der Waals surface area (Å²) in [6, 6.07) is 6.35. The van der Waals surface area contributed by atoms with E-state index in [0.717, 1.165) is 12.8 Å². The molecule has 0 atom stereocenters. The number of nitrogens with zero attached hydrogens (tertiary/aromatic N) is 3. The van der Waals surface area contributed by atoms with Crippen molar-refractivity contribution < 1.29 is 9.72 Å². The molecule has 0 bridgehead atoms. The van der Waals surface area contributed by atoms with Crippen LogP contribution >= 0.6 is 0 Å². The first-order valence-corrected chi connectivity index (χ1v) is 6.72. The summed E-state index contributed by atoms with van der Waals surface area (Å²) >= 11 is 0. The van der Waals surface area contributed by atoms with E-state index in [0.29, 0.717) is 12.2 Å². The number of nitro benzene ring substituents is 1. The number of non-ortho nitro benzene ring substituents is 1. The van der Waals surface area contributed by atoms with Crippen LogP contribution in [0.2, 0.25) is 0 Å². The molecule has 0 heterocycles. The Morgan fingerprint density at radius 1 is 1.57 bits per heavy atom. The smallest absolute Gasteiger partial charge is 0.270 e. The number of anilines is 1. The first-order valence-electron chi connectivity index (χ1n) is 6.72. The summed E-state index contributed by atoms with van der Waals surface area (Å²) in [4.78, 5) is 24.6. The number of nitro groups is 1. The van der Waals surface area contributed by atoms with E-state index in [-0.39, 0.29) is 29.6 Å². The monoisotopic (exact) mass is 288 g/mol.